The number of ether oxygens (including phenoxy) is 1. The Balaban J connectivity index is 1.95. The van der Waals surface area contributed by atoms with Crippen LogP contribution in [0.15, 0.2) is 36.4 Å². The third-order valence-electron chi connectivity index (χ3n) is 3.32. The van der Waals surface area contributed by atoms with E-state index in [1.165, 1.54) is 0 Å². The first-order valence-electron chi connectivity index (χ1n) is 7.17. The summed E-state index contributed by atoms with van der Waals surface area (Å²) in [4.78, 5) is 23.8. The van der Waals surface area contributed by atoms with Gasteiger partial charge in [0.05, 0.1) is 16.3 Å². The van der Waals surface area contributed by atoms with Crippen molar-refractivity contribution in [1.82, 2.24) is 0 Å². The summed E-state index contributed by atoms with van der Waals surface area (Å²) in [5.41, 5.74) is 3.86. The van der Waals surface area contributed by atoms with E-state index in [2.05, 4.69) is 5.32 Å². The summed E-state index contributed by atoms with van der Waals surface area (Å²) in [5, 5.41) is 3.13. The molecule has 0 aromatic heterocycles. The van der Waals surface area contributed by atoms with Crippen molar-refractivity contribution >= 4 is 29.2 Å². The molecule has 120 valence electrons. The number of aryl methyl sites for hydroxylation is 3. The first-order valence-corrected chi connectivity index (χ1v) is 7.55. The predicted octanol–water partition coefficient (Wildman–Crippen LogP) is 4.06. The number of amides is 1. The normalized spacial score (nSPS) is 10.3. The summed E-state index contributed by atoms with van der Waals surface area (Å²) < 4.78 is 5.01. The fourth-order valence-corrected chi connectivity index (χ4v) is 2.52. The molecule has 5 heteroatoms. The third kappa shape index (κ3) is 4.57. The molecule has 0 bridgehead atoms. The number of benzene rings is 2. The van der Waals surface area contributed by atoms with E-state index in [1.54, 1.807) is 18.2 Å². The van der Waals surface area contributed by atoms with Crippen molar-refractivity contribution in [2.75, 3.05) is 11.9 Å². The maximum atomic E-state index is 11.9. The lowest BCUT2D eigenvalue weighted by atomic mass is 10.1. The van der Waals surface area contributed by atoms with Crippen LogP contribution in [0.2, 0.25) is 5.02 Å². The zero-order valence-corrected chi connectivity index (χ0v) is 14.0. The molecule has 2 rings (SSSR count). The highest BCUT2D eigenvalue weighted by molar-refractivity contribution is 6.34. The van der Waals surface area contributed by atoms with Crippen molar-refractivity contribution < 1.29 is 14.3 Å². The number of esters is 1. The summed E-state index contributed by atoms with van der Waals surface area (Å²) in [5.74, 6) is -0.966. The van der Waals surface area contributed by atoms with Crippen LogP contribution in [0.1, 0.15) is 27.0 Å². The first-order chi connectivity index (χ1) is 10.9. The second-order valence-corrected chi connectivity index (χ2v) is 5.84. The van der Waals surface area contributed by atoms with Gasteiger partial charge in [-0.2, -0.15) is 0 Å². The van der Waals surface area contributed by atoms with E-state index in [9.17, 15) is 9.59 Å². The van der Waals surface area contributed by atoms with Crippen LogP contribution in [0.5, 0.6) is 0 Å². The largest absolute Gasteiger partial charge is 0.452 e. The highest BCUT2D eigenvalue weighted by Gasteiger charge is 2.13. The zero-order valence-electron chi connectivity index (χ0n) is 13.3. The Labute approximate surface area is 140 Å². The molecule has 0 spiro atoms. The lowest BCUT2D eigenvalue weighted by Gasteiger charge is -2.12. The van der Waals surface area contributed by atoms with Crippen molar-refractivity contribution in [3.05, 3.63) is 63.7 Å². The number of carbonyl (C=O) groups excluding carboxylic acids is 2. The number of anilines is 1. The molecular weight excluding hydrogens is 314 g/mol. The quantitative estimate of drug-likeness (QED) is 0.859. The van der Waals surface area contributed by atoms with Gasteiger partial charge in [0.15, 0.2) is 6.61 Å². The number of rotatable bonds is 4. The highest BCUT2D eigenvalue weighted by Crippen LogP contribution is 2.27. The minimum atomic E-state index is -0.535. The summed E-state index contributed by atoms with van der Waals surface area (Å²) in [6.07, 6.45) is 0. The van der Waals surface area contributed by atoms with Crippen LogP contribution in [0.3, 0.4) is 0 Å². The van der Waals surface area contributed by atoms with Gasteiger partial charge in [-0.05, 0) is 50.1 Å². The zero-order chi connectivity index (χ0) is 17.0. The SMILES string of the molecule is Cc1ccc(C(=O)OCC(=O)Nc2c(C)cc(C)cc2Cl)cc1. The average molecular weight is 332 g/mol. The second kappa shape index (κ2) is 7.29. The van der Waals surface area contributed by atoms with Crippen molar-refractivity contribution in [3.63, 3.8) is 0 Å². The van der Waals surface area contributed by atoms with Crippen molar-refractivity contribution in [3.8, 4) is 0 Å². The predicted molar refractivity (Wildman–Crippen MR) is 91.0 cm³/mol. The topological polar surface area (TPSA) is 55.4 Å². The molecule has 0 unspecified atom stereocenters. The van der Waals surface area contributed by atoms with Gasteiger partial charge in [0.2, 0.25) is 0 Å². The van der Waals surface area contributed by atoms with E-state index >= 15 is 0 Å². The fraction of sp³-hybridized carbons (Fsp3) is 0.222. The van der Waals surface area contributed by atoms with E-state index in [1.807, 2.05) is 39.0 Å². The average Bonchev–Trinajstić information content (AvgIpc) is 2.49. The van der Waals surface area contributed by atoms with E-state index in [0.29, 0.717) is 16.3 Å². The molecule has 1 N–H and O–H groups in total. The van der Waals surface area contributed by atoms with Gasteiger partial charge in [-0.3, -0.25) is 4.79 Å². The molecule has 0 radical (unpaired) electrons. The Hall–Kier alpha value is -2.33. The van der Waals surface area contributed by atoms with E-state index in [-0.39, 0.29) is 6.61 Å². The Morgan fingerprint density at radius 1 is 1.04 bits per heavy atom. The molecule has 2 aromatic carbocycles. The first kappa shape index (κ1) is 17.0. The monoisotopic (exact) mass is 331 g/mol. The van der Waals surface area contributed by atoms with Crippen LogP contribution in [0.25, 0.3) is 0 Å². The molecule has 4 nitrogen and oxygen atoms in total. The Bertz CT molecular complexity index is 715. The molecular formula is C18H18ClNO3. The maximum Gasteiger partial charge on any atom is 0.338 e. The van der Waals surface area contributed by atoms with Crippen LogP contribution in [0.4, 0.5) is 5.69 Å². The number of halogens is 1. The van der Waals surface area contributed by atoms with Crippen LogP contribution in [-0.2, 0) is 9.53 Å². The minimum absolute atomic E-state index is 0.365. The Morgan fingerprint density at radius 3 is 2.30 bits per heavy atom. The van der Waals surface area contributed by atoms with Gasteiger partial charge in [0.1, 0.15) is 0 Å². The molecule has 0 saturated carbocycles. The molecule has 0 saturated heterocycles. The highest BCUT2D eigenvalue weighted by atomic mass is 35.5. The maximum absolute atomic E-state index is 11.9. The molecule has 0 atom stereocenters. The van der Waals surface area contributed by atoms with E-state index < -0.39 is 11.9 Å². The van der Waals surface area contributed by atoms with Gasteiger partial charge >= 0.3 is 5.97 Å². The number of hydrogen-bond acceptors (Lipinski definition) is 3. The molecule has 0 fully saturated rings. The molecule has 0 heterocycles. The Morgan fingerprint density at radius 2 is 1.70 bits per heavy atom. The van der Waals surface area contributed by atoms with Crippen LogP contribution in [-0.4, -0.2) is 18.5 Å². The lowest BCUT2D eigenvalue weighted by Crippen LogP contribution is -2.21. The molecule has 2 aromatic rings. The van der Waals surface area contributed by atoms with Crippen molar-refractivity contribution in [2.45, 2.75) is 20.8 Å². The van der Waals surface area contributed by atoms with Gasteiger partial charge < -0.3 is 10.1 Å². The molecule has 0 aliphatic rings. The summed E-state index contributed by atoms with van der Waals surface area (Å²) in [6.45, 7) is 5.34. The smallest absolute Gasteiger partial charge is 0.338 e. The van der Waals surface area contributed by atoms with Gasteiger partial charge in [-0.25, -0.2) is 4.79 Å². The number of hydrogen-bond donors (Lipinski definition) is 1. The van der Waals surface area contributed by atoms with Crippen LogP contribution >= 0.6 is 11.6 Å². The van der Waals surface area contributed by atoms with Gasteiger partial charge in [-0.15, -0.1) is 0 Å². The van der Waals surface area contributed by atoms with E-state index in [0.717, 1.165) is 16.7 Å². The van der Waals surface area contributed by atoms with Crippen molar-refractivity contribution in [1.29, 1.82) is 0 Å². The standard InChI is InChI=1S/C18H18ClNO3/c1-11-4-6-14(7-5-11)18(22)23-10-16(21)20-17-13(3)8-12(2)9-15(17)19/h4-9H,10H2,1-3H3,(H,20,21). The van der Waals surface area contributed by atoms with Gasteiger partial charge in [0, 0.05) is 0 Å². The molecule has 1 amide bonds. The van der Waals surface area contributed by atoms with Gasteiger partial charge in [0.25, 0.3) is 5.91 Å². The minimum Gasteiger partial charge on any atom is -0.452 e. The summed E-state index contributed by atoms with van der Waals surface area (Å²) >= 11 is 6.13. The number of nitrogens with one attached hydrogen (secondary N) is 1. The Kier molecular flexibility index (Phi) is 5.40. The fourth-order valence-electron chi connectivity index (χ4n) is 2.15. The summed E-state index contributed by atoms with van der Waals surface area (Å²) in [7, 11) is 0. The van der Waals surface area contributed by atoms with Gasteiger partial charge in [-0.1, -0.05) is 35.4 Å². The van der Waals surface area contributed by atoms with Crippen LogP contribution < -0.4 is 5.32 Å². The third-order valence-corrected chi connectivity index (χ3v) is 3.62. The van der Waals surface area contributed by atoms with Crippen LogP contribution in [0, 0.1) is 20.8 Å². The number of carbonyl (C=O) groups is 2. The molecule has 0 aliphatic heterocycles. The van der Waals surface area contributed by atoms with Crippen molar-refractivity contribution in [2.24, 2.45) is 0 Å². The lowest BCUT2D eigenvalue weighted by molar-refractivity contribution is -0.119. The molecule has 0 aliphatic carbocycles. The van der Waals surface area contributed by atoms with E-state index in [4.69, 9.17) is 16.3 Å². The summed E-state index contributed by atoms with van der Waals surface area (Å²) in [6, 6.07) is 10.6. The second-order valence-electron chi connectivity index (χ2n) is 5.43. The molecule has 23 heavy (non-hydrogen) atoms.